The summed E-state index contributed by atoms with van der Waals surface area (Å²) in [5, 5.41) is 0. The van der Waals surface area contributed by atoms with Crippen LogP contribution in [0.1, 0.15) is 49.1 Å². The van der Waals surface area contributed by atoms with E-state index in [1.54, 1.807) is 12.3 Å². The molecule has 4 heteroatoms. The minimum atomic E-state index is -0.158. The van der Waals surface area contributed by atoms with Crippen LogP contribution in [0.2, 0.25) is 0 Å². The molecule has 0 bridgehead atoms. The quantitative estimate of drug-likeness (QED) is 0.829. The summed E-state index contributed by atoms with van der Waals surface area (Å²) in [4.78, 5) is 3.91. The summed E-state index contributed by atoms with van der Waals surface area (Å²) < 4.78 is 14.1. The van der Waals surface area contributed by atoms with Gasteiger partial charge in [-0.3, -0.25) is 0 Å². The Morgan fingerprint density at radius 1 is 1.30 bits per heavy atom. The van der Waals surface area contributed by atoms with Crippen LogP contribution in [-0.2, 0) is 6.42 Å². The van der Waals surface area contributed by atoms with Gasteiger partial charge in [0.25, 0.3) is 0 Å². The second-order valence-electron chi connectivity index (χ2n) is 5.29. The van der Waals surface area contributed by atoms with Crippen molar-refractivity contribution in [3.05, 3.63) is 47.2 Å². The second-order valence-corrected chi connectivity index (χ2v) is 5.29. The molecule has 0 atom stereocenters. The van der Waals surface area contributed by atoms with Crippen LogP contribution in [-0.4, -0.2) is 6.21 Å². The summed E-state index contributed by atoms with van der Waals surface area (Å²) in [6.45, 7) is 0. The zero-order valence-electron chi connectivity index (χ0n) is 11.7. The predicted molar refractivity (Wildman–Crippen MR) is 80.9 cm³/mol. The molecule has 2 rings (SSSR count). The number of hydrogen-bond donors (Lipinski definition) is 2. The van der Waals surface area contributed by atoms with Crippen molar-refractivity contribution in [3.63, 3.8) is 0 Å². The molecule has 1 aliphatic carbocycles. The summed E-state index contributed by atoms with van der Waals surface area (Å²) in [6, 6.07) is 5.58. The molecule has 0 aliphatic heterocycles. The Morgan fingerprint density at radius 3 is 2.70 bits per heavy atom. The van der Waals surface area contributed by atoms with E-state index >= 15 is 0 Å². The van der Waals surface area contributed by atoms with Crippen LogP contribution >= 0.6 is 0 Å². The molecule has 1 aliphatic rings. The molecular weight excluding hydrogens is 253 g/mol. The van der Waals surface area contributed by atoms with Gasteiger partial charge in [-0.1, -0.05) is 31.4 Å². The molecule has 0 heterocycles. The zero-order chi connectivity index (χ0) is 14.4. The van der Waals surface area contributed by atoms with Gasteiger partial charge < -0.3 is 11.5 Å². The Kier molecular flexibility index (Phi) is 5.16. The average Bonchev–Trinajstić information content (AvgIpc) is 2.49. The lowest BCUT2D eigenvalue weighted by Crippen LogP contribution is -2.05. The van der Waals surface area contributed by atoms with Crippen molar-refractivity contribution < 1.29 is 4.39 Å². The molecule has 4 N–H and O–H groups in total. The van der Waals surface area contributed by atoms with Crippen LogP contribution in [0.15, 0.2) is 35.2 Å². The number of rotatable bonds is 4. The van der Waals surface area contributed by atoms with E-state index in [-0.39, 0.29) is 11.6 Å². The Bertz CT molecular complexity index is 502. The maximum Gasteiger partial charge on any atom is 0.138 e. The third kappa shape index (κ3) is 3.83. The van der Waals surface area contributed by atoms with Gasteiger partial charge in [0, 0.05) is 18.8 Å². The van der Waals surface area contributed by atoms with Gasteiger partial charge in [0.05, 0.1) is 0 Å². The highest BCUT2D eigenvalue weighted by atomic mass is 19.1. The van der Waals surface area contributed by atoms with Crippen LogP contribution in [0.3, 0.4) is 0 Å². The van der Waals surface area contributed by atoms with Gasteiger partial charge in [-0.25, -0.2) is 9.38 Å². The fraction of sp³-hybridized carbons (Fsp3) is 0.438. The fourth-order valence-electron chi connectivity index (χ4n) is 2.71. The normalized spacial score (nSPS) is 17.8. The molecule has 0 radical (unpaired) electrons. The van der Waals surface area contributed by atoms with E-state index in [4.69, 9.17) is 11.5 Å². The van der Waals surface area contributed by atoms with Gasteiger partial charge in [-0.2, -0.15) is 0 Å². The van der Waals surface area contributed by atoms with E-state index < -0.39 is 0 Å². The van der Waals surface area contributed by atoms with E-state index in [9.17, 15) is 4.39 Å². The van der Waals surface area contributed by atoms with Crippen LogP contribution in [0.25, 0.3) is 0 Å². The van der Waals surface area contributed by atoms with Gasteiger partial charge in [-0.15, -0.1) is 0 Å². The van der Waals surface area contributed by atoms with E-state index in [2.05, 4.69) is 4.99 Å². The largest absolute Gasteiger partial charge is 0.402 e. The number of benzene rings is 1. The topological polar surface area (TPSA) is 64.4 Å². The molecule has 0 unspecified atom stereocenters. The first-order valence-electron chi connectivity index (χ1n) is 7.19. The highest BCUT2D eigenvalue weighted by Gasteiger charge is 2.16. The van der Waals surface area contributed by atoms with Gasteiger partial charge in [-0.05, 0) is 36.0 Å². The lowest BCUT2D eigenvalue weighted by molar-refractivity contribution is 0.442. The molecule has 0 amide bonds. The van der Waals surface area contributed by atoms with Gasteiger partial charge >= 0.3 is 0 Å². The molecule has 1 saturated carbocycles. The smallest absolute Gasteiger partial charge is 0.138 e. The van der Waals surface area contributed by atoms with Crippen molar-refractivity contribution in [2.75, 3.05) is 0 Å². The summed E-state index contributed by atoms with van der Waals surface area (Å²) in [7, 11) is 0. The van der Waals surface area contributed by atoms with Crippen LogP contribution < -0.4 is 11.5 Å². The van der Waals surface area contributed by atoms with Crippen molar-refractivity contribution in [3.8, 4) is 0 Å². The molecule has 1 aromatic rings. The molecule has 108 valence electrons. The second kappa shape index (κ2) is 7.08. The van der Waals surface area contributed by atoms with Crippen molar-refractivity contribution in [2.45, 2.75) is 44.4 Å². The summed E-state index contributed by atoms with van der Waals surface area (Å²) in [5.41, 5.74) is 12.4. The lowest BCUT2D eigenvalue weighted by atomic mass is 9.84. The molecule has 0 saturated heterocycles. The van der Waals surface area contributed by atoms with Crippen molar-refractivity contribution in [2.24, 2.45) is 16.5 Å². The Labute approximate surface area is 119 Å². The van der Waals surface area contributed by atoms with E-state index in [1.165, 1.54) is 38.3 Å². The van der Waals surface area contributed by atoms with E-state index in [0.29, 0.717) is 17.9 Å². The molecule has 0 spiro atoms. The van der Waals surface area contributed by atoms with Crippen molar-refractivity contribution >= 4 is 6.21 Å². The first kappa shape index (κ1) is 14.6. The summed E-state index contributed by atoms with van der Waals surface area (Å²) in [5.74, 6) is 0.607. The third-order valence-electron chi connectivity index (χ3n) is 3.88. The number of nitrogens with zero attached hydrogens (tertiary/aromatic N) is 1. The van der Waals surface area contributed by atoms with Crippen molar-refractivity contribution in [1.29, 1.82) is 0 Å². The highest BCUT2D eigenvalue weighted by Crippen LogP contribution is 2.33. The standard InChI is InChI=1S/C16H22FN3/c17-15-10-14(12-4-2-1-3-5-12)7-6-13(15)8-9-20-16(19)11-18/h6-7,9-12H,1-5,8,18-19H2/b16-11-,20-9-. The average molecular weight is 275 g/mol. The fourth-order valence-corrected chi connectivity index (χ4v) is 2.71. The molecule has 1 aromatic carbocycles. The minimum Gasteiger partial charge on any atom is -0.402 e. The van der Waals surface area contributed by atoms with Crippen LogP contribution in [0.5, 0.6) is 0 Å². The highest BCUT2D eigenvalue weighted by molar-refractivity contribution is 5.63. The Balaban J connectivity index is 2.03. The van der Waals surface area contributed by atoms with E-state index in [0.717, 1.165) is 5.56 Å². The maximum absolute atomic E-state index is 14.1. The third-order valence-corrected chi connectivity index (χ3v) is 3.88. The lowest BCUT2D eigenvalue weighted by Gasteiger charge is -2.22. The Morgan fingerprint density at radius 2 is 2.05 bits per heavy atom. The maximum atomic E-state index is 14.1. The van der Waals surface area contributed by atoms with Crippen LogP contribution in [0.4, 0.5) is 4.39 Å². The molecular formula is C16H22FN3. The molecule has 3 nitrogen and oxygen atoms in total. The predicted octanol–water partition coefficient (Wildman–Crippen LogP) is 3.20. The summed E-state index contributed by atoms with van der Waals surface area (Å²) in [6.07, 6.45) is 9.40. The zero-order valence-corrected chi connectivity index (χ0v) is 11.7. The van der Waals surface area contributed by atoms with Gasteiger partial charge in [0.2, 0.25) is 0 Å². The number of aliphatic imine (C=N–C) groups is 1. The number of nitrogens with two attached hydrogens (primary N) is 2. The van der Waals surface area contributed by atoms with Gasteiger partial charge in [0.15, 0.2) is 0 Å². The Hall–Kier alpha value is -1.84. The van der Waals surface area contributed by atoms with Gasteiger partial charge in [0.1, 0.15) is 11.6 Å². The first-order valence-corrected chi connectivity index (χ1v) is 7.19. The molecule has 1 fully saturated rings. The summed E-state index contributed by atoms with van der Waals surface area (Å²) >= 11 is 0. The number of hydrogen-bond acceptors (Lipinski definition) is 3. The molecule has 0 aromatic heterocycles. The number of halogens is 1. The SMILES string of the molecule is N/C=C(N)\N=C/Cc1ccc(C2CCCCC2)cc1F. The minimum absolute atomic E-state index is 0.158. The van der Waals surface area contributed by atoms with Crippen molar-refractivity contribution in [1.82, 2.24) is 0 Å². The molecule has 20 heavy (non-hydrogen) atoms. The van der Waals surface area contributed by atoms with Crippen LogP contribution in [0, 0.1) is 5.82 Å². The monoisotopic (exact) mass is 275 g/mol. The first-order chi connectivity index (χ1) is 9.70. The van der Waals surface area contributed by atoms with E-state index in [1.807, 2.05) is 12.1 Å².